The molecule has 0 amide bonds. The number of nitrogens with zero attached hydrogens (tertiary/aromatic N) is 3. The van der Waals surface area contributed by atoms with Crippen molar-refractivity contribution in [1.82, 2.24) is 14.8 Å². The van der Waals surface area contributed by atoms with Gasteiger partial charge in [0.2, 0.25) is 0 Å². The number of carbonyl (C=O) groups is 2. The molecule has 0 bridgehead atoms. The van der Waals surface area contributed by atoms with Crippen LogP contribution in [0.5, 0.6) is 0 Å². The monoisotopic (exact) mass is 309 g/mol. The largest absolute Gasteiger partial charge is 0.457 e. The summed E-state index contributed by atoms with van der Waals surface area (Å²) in [6.07, 6.45) is 1.52. The molecule has 0 unspecified atom stereocenters. The summed E-state index contributed by atoms with van der Waals surface area (Å²) in [4.78, 5) is 23.2. The molecule has 8 heteroatoms. The normalized spacial score (nSPS) is 10.4. The number of rotatable bonds is 6. The minimum Gasteiger partial charge on any atom is -0.457 e. The molecule has 0 saturated heterocycles. The Kier molecular flexibility index (Phi) is 5.04. The van der Waals surface area contributed by atoms with Crippen LogP contribution >= 0.6 is 11.8 Å². The number of hydrogen-bond donors (Lipinski definition) is 0. The highest BCUT2D eigenvalue weighted by atomic mass is 32.2. The van der Waals surface area contributed by atoms with Crippen LogP contribution in [0.4, 0.5) is 4.39 Å². The highest BCUT2D eigenvalue weighted by Gasteiger charge is 2.12. The number of aromatic nitrogens is 3. The fraction of sp³-hybridized carbons (Fsp3) is 0.231. The first kappa shape index (κ1) is 15.2. The van der Waals surface area contributed by atoms with Gasteiger partial charge in [-0.15, -0.1) is 10.2 Å². The second-order valence-electron chi connectivity index (χ2n) is 4.10. The van der Waals surface area contributed by atoms with Gasteiger partial charge in [-0.1, -0.05) is 11.8 Å². The van der Waals surface area contributed by atoms with Crippen molar-refractivity contribution in [2.75, 3.05) is 12.4 Å². The number of halogens is 1. The van der Waals surface area contributed by atoms with Crippen molar-refractivity contribution in [2.24, 2.45) is 7.05 Å². The predicted molar refractivity (Wildman–Crippen MR) is 73.4 cm³/mol. The number of ether oxygens (including phenoxy) is 1. The number of aryl methyl sites for hydroxylation is 1. The highest BCUT2D eigenvalue weighted by molar-refractivity contribution is 7.99. The standard InChI is InChI=1S/C13H12FN3O3S/c1-17-8-15-16-13(17)21-7-12(19)20-6-11(18)9-2-4-10(14)5-3-9/h2-5,8H,6-7H2,1H3. The quantitative estimate of drug-likeness (QED) is 0.457. The maximum Gasteiger partial charge on any atom is 0.316 e. The topological polar surface area (TPSA) is 74.1 Å². The lowest BCUT2D eigenvalue weighted by atomic mass is 10.1. The van der Waals surface area contributed by atoms with Crippen LogP contribution in [0.2, 0.25) is 0 Å². The summed E-state index contributed by atoms with van der Waals surface area (Å²) < 4.78 is 19.3. The second-order valence-corrected chi connectivity index (χ2v) is 5.05. The number of carbonyl (C=O) groups excluding carboxylic acids is 2. The van der Waals surface area contributed by atoms with Crippen molar-refractivity contribution in [2.45, 2.75) is 5.16 Å². The first-order chi connectivity index (χ1) is 10.1. The van der Waals surface area contributed by atoms with E-state index in [-0.39, 0.29) is 18.1 Å². The second kappa shape index (κ2) is 6.98. The molecular formula is C13H12FN3O3S. The molecule has 2 aromatic rings. The number of hydrogen-bond acceptors (Lipinski definition) is 6. The fourth-order valence-corrected chi connectivity index (χ4v) is 2.12. The Bertz CT molecular complexity index is 642. The zero-order valence-electron chi connectivity index (χ0n) is 11.2. The Morgan fingerprint density at radius 3 is 2.67 bits per heavy atom. The van der Waals surface area contributed by atoms with Crippen molar-refractivity contribution in [1.29, 1.82) is 0 Å². The Labute approximate surface area is 124 Å². The van der Waals surface area contributed by atoms with Crippen LogP contribution in [0.15, 0.2) is 35.7 Å². The molecule has 1 heterocycles. The lowest BCUT2D eigenvalue weighted by molar-refractivity contribution is -0.139. The van der Waals surface area contributed by atoms with Gasteiger partial charge in [0, 0.05) is 12.6 Å². The van der Waals surface area contributed by atoms with Crippen LogP contribution in [-0.4, -0.2) is 38.9 Å². The molecular weight excluding hydrogens is 297 g/mol. The molecule has 0 aliphatic carbocycles. The van der Waals surface area contributed by atoms with Crippen LogP contribution in [-0.2, 0) is 16.6 Å². The smallest absolute Gasteiger partial charge is 0.316 e. The molecule has 110 valence electrons. The van der Waals surface area contributed by atoms with E-state index in [1.807, 2.05) is 0 Å². The van der Waals surface area contributed by atoms with Gasteiger partial charge in [0.25, 0.3) is 0 Å². The summed E-state index contributed by atoms with van der Waals surface area (Å²) in [6.45, 7) is -0.371. The maximum atomic E-state index is 12.7. The SMILES string of the molecule is Cn1cnnc1SCC(=O)OCC(=O)c1ccc(F)cc1. The van der Waals surface area contributed by atoms with Gasteiger partial charge in [-0.25, -0.2) is 4.39 Å². The fourth-order valence-electron chi connectivity index (χ4n) is 1.43. The molecule has 0 aliphatic rings. The van der Waals surface area contributed by atoms with Crippen molar-refractivity contribution in [3.8, 4) is 0 Å². The van der Waals surface area contributed by atoms with Crippen molar-refractivity contribution >= 4 is 23.5 Å². The molecule has 1 aromatic carbocycles. The van der Waals surface area contributed by atoms with Gasteiger partial charge in [-0.3, -0.25) is 9.59 Å². The summed E-state index contributed by atoms with van der Waals surface area (Å²) in [6, 6.07) is 5.05. The van der Waals surface area contributed by atoms with E-state index < -0.39 is 11.8 Å². The zero-order valence-corrected chi connectivity index (χ0v) is 12.0. The van der Waals surface area contributed by atoms with E-state index >= 15 is 0 Å². The first-order valence-electron chi connectivity index (χ1n) is 5.97. The molecule has 1 aromatic heterocycles. The first-order valence-corrected chi connectivity index (χ1v) is 6.96. The lowest BCUT2D eigenvalue weighted by Gasteiger charge is -2.04. The van der Waals surface area contributed by atoms with Crippen LogP contribution in [0, 0.1) is 5.82 Å². The predicted octanol–water partition coefficient (Wildman–Crippen LogP) is 1.47. The number of ketones is 1. The number of Topliss-reactive ketones (excluding diaryl/α,β-unsaturated/α-hetero) is 1. The molecule has 6 nitrogen and oxygen atoms in total. The van der Waals surface area contributed by atoms with Gasteiger partial charge in [-0.05, 0) is 24.3 Å². The summed E-state index contributed by atoms with van der Waals surface area (Å²) in [5.74, 6) is -1.31. The molecule has 0 fully saturated rings. The molecule has 0 radical (unpaired) electrons. The third-order valence-corrected chi connectivity index (χ3v) is 3.53. The van der Waals surface area contributed by atoms with Gasteiger partial charge in [0.05, 0.1) is 5.75 Å². The van der Waals surface area contributed by atoms with Gasteiger partial charge in [0.15, 0.2) is 17.5 Å². The van der Waals surface area contributed by atoms with E-state index in [9.17, 15) is 14.0 Å². The van der Waals surface area contributed by atoms with E-state index in [0.29, 0.717) is 10.7 Å². The van der Waals surface area contributed by atoms with Crippen LogP contribution < -0.4 is 0 Å². The average molecular weight is 309 g/mol. The summed E-state index contributed by atoms with van der Waals surface area (Å²) in [7, 11) is 1.76. The van der Waals surface area contributed by atoms with Gasteiger partial charge < -0.3 is 9.30 Å². The lowest BCUT2D eigenvalue weighted by Crippen LogP contribution is -2.15. The van der Waals surface area contributed by atoms with E-state index in [1.54, 1.807) is 11.6 Å². The molecule has 2 rings (SSSR count). The van der Waals surface area contributed by atoms with E-state index in [4.69, 9.17) is 4.74 Å². The van der Waals surface area contributed by atoms with Gasteiger partial charge >= 0.3 is 5.97 Å². The molecule has 0 spiro atoms. The summed E-state index contributed by atoms with van der Waals surface area (Å²) in [5, 5.41) is 8.06. The third-order valence-electron chi connectivity index (χ3n) is 2.52. The Hall–Kier alpha value is -2.22. The molecule has 21 heavy (non-hydrogen) atoms. The average Bonchev–Trinajstić information content (AvgIpc) is 2.88. The summed E-state index contributed by atoms with van der Waals surface area (Å²) in [5.41, 5.74) is 0.296. The summed E-state index contributed by atoms with van der Waals surface area (Å²) >= 11 is 1.17. The maximum absolute atomic E-state index is 12.7. The van der Waals surface area contributed by atoms with Crippen molar-refractivity contribution in [3.05, 3.63) is 42.0 Å². The van der Waals surface area contributed by atoms with Crippen LogP contribution in [0.1, 0.15) is 10.4 Å². The molecule has 0 aliphatic heterocycles. The van der Waals surface area contributed by atoms with Crippen LogP contribution in [0.25, 0.3) is 0 Å². The van der Waals surface area contributed by atoms with Gasteiger partial charge in [-0.2, -0.15) is 0 Å². The van der Waals surface area contributed by atoms with Crippen molar-refractivity contribution < 1.29 is 18.7 Å². The Balaban J connectivity index is 1.77. The van der Waals surface area contributed by atoms with Gasteiger partial charge in [0.1, 0.15) is 12.1 Å². The number of esters is 1. The minimum absolute atomic E-state index is 0.0310. The molecule has 0 atom stereocenters. The molecule has 0 saturated carbocycles. The minimum atomic E-state index is -0.529. The Morgan fingerprint density at radius 1 is 1.33 bits per heavy atom. The zero-order chi connectivity index (χ0) is 15.2. The third kappa shape index (κ3) is 4.38. The molecule has 0 N–H and O–H groups in total. The van der Waals surface area contributed by atoms with E-state index in [0.717, 1.165) is 0 Å². The number of benzene rings is 1. The van der Waals surface area contributed by atoms with E-state index in [1.165, 1.54) is 42.4 Å². The number of thioether (sulfide) groups is 1. The van der Waals surface area contributed by atoms with E-state index in [2.05, 4.69) is 10.2 Å². The van der Waals surface area contributed by atoms with Crippen LogP contribution in [0.3, 0.4) is 0 Å². The Morgan fingerprint density at radius 2 is 2.05 bits per heavy atom. The highest BCUT2D eigenvalue weighted by Crippen LogP contribution is 2.13. The van der Waals surface area contributed by atoms with Crippen molar-refractivity contribution in [3.63, 3.8) is 0 Å².